The van der Waals surface area contributed by atoms with Crippen LogP contribution >= 0.6 is 11.3 Å². The van der Waals surface area contributed by atoms with Crippen molar-refractivity contribution in [3.63, 3.8) is 0 Å². The van der Waals surface area contributed by atoms with Gasteiger partial charge in [-0.1, -0.05) is 6.07 Å². The maximum absolute atomic E-state index is 12.7. The van der Waals surface area contributed by atoms with Crippen molar-refractivity contribution in [1.82, 2.24) is 24.9 Å². The number of nitrogens with zero attached hydrogens (tertiary/aromatic N) is 4. The largest absolute Gasteiger partial charge is 0.335 e. The number of amides is 1. The summed E-state index contributed by atoms with van der Waals surface area (Å²) in [4.78, 5) is 15.7. The number of thiophene rings is 1. The van der Waals surface area contributed by atoms with E-state index < -0.39 is 0 Å². The fraction of sp³-hybridized carbons (Fsp3) is 0.312. The third-order valence-electron chi connectivity index (χ3n) is 4.17. The van der Waals surface area contributed by atoms with Crippen LogP contribution in [0.1, 0.15) is 29.4 Å². The molecule has 0 radical (unpaired) electrons. The van der Waals surface area contributed by atoms with E-state index in [0.29, 0.717) is 12.2 Å². The number of nitrogens with one attached hydrogen (secondary N) is 1. The Balaban J connectivity index is 1.50. The predicted molar refractivity (Wildman–Crippen MR) is 88.3 cm³/mol. The van der Waals surface area contributed by atoms with Gasteiger partial charge in [0.1, 0.15) is 0 Å². The fourth-order valence-corrected chi connectivity index (χ4v) is 3.70. The van der Waals surface area contributed by atoms with E-state index in [-0.39, 0.29) is 11.9 Å². The summed E-state index contributed by atoms with van der Waals surface area (Å²) in [6, 6.07) is 8.01. The van der Waals surface area contributed by atoms with Gasteiger partial charge in [0.25, 0.3) is 5.91 Å². The van der Waals surface area contributed by atoms with Crippen LogP contribution in [0.3, 0.4) is 0 Å². The Hall–Kier alpha value is -2.41. The summed E-state index contributed by atoms with van der Waals surface area (Å²) in [6.45, 7) is 1.46. The first-order chi connectivity index (χ1) is 11.3. The van der Waals surface area contributed by atoms with Gasteiger partial charge in [0.15, 0.2) is 5.69 Å². The third kappa shape index (κ3) is 2.79. The van der Waals surface area contributed by atoms with Gasteiger partial charge >= 0.3 is 0 Å². The second-order valence-electron chi connectivity index (χ2n) is 5.68. The summed E-state index contributed by atoms with van der Waals surface area (Å²) in [6.07, 6.45) is 5.77. The second-order valence-corrected chi connectivity index (χ2v) is 6.63. The van der Waals surface area contributed by atoms with Crippen LogP contribution in [0.5, 0.6) is 0 Å². The van der Waals surface area contributed by atoms with Crippen molar-refractivity contribution in [2.45, 2.75) is 18.9 Å². The molecule has 0 aliphatic carbocycles. The van der Waals surface area contributed by atoms with E-state index >= 15 is 0 Å². The van der Waals surface area contributed by atoms with Gasteiger partial charge in [-0.15, -0.1) is 11.3 Å². The minimum Gasteiger partial charge on any atom is -0.335 e. The SMILES string of the molecule is O=C(c1cc(-c2cccs2)[nH]n1)N1CCCC(n2cccn2)C1. The molecule has 0 aromatic carbocycles. The summed E-state index contributed by atoms with van der Waals surface area (Å²) >= 11 is 1.63. The number of carbonyl (C=O) groups is 1. The monoisotopic (exact) mass is 327 g/mol. The number of aromatic nitrogens is 4. The van der Waals surface area contributed by atoms with Crippen LogP contribution in [-0.4, -0.2) is 43.9 Å². The molecular formula is C16H17N5OS. The van der Waals surface area contributed by atoms with Crippen molar-refractivity contribution in [3.8, 4) is 10.6 Å². The van der Waals surface area contributed by atoms with E-state index in [4.69, 9.17) is 0 Å². The van der Waals surface area contributed by atoms with Gasteiger partial charge in [0, 0.05) is 25.5 Å². The van der Waals surface area contributed by atoms with E-state index in [1.165, 1.54) is 0 Å². The van der Waals surface area contributed by atoms with Crippen LogP contribution in [0.2, 0.25) is 0 Å². The molecule has 1 aliphatic rings. The highest BCUT2D eigenvalue weighted by Crippen LogP contribution is 2.25. The lowest BCUT2D eigenvalue weighted by atomic mass is 10.1. The number of piperidine rings is 1. The smallest absolute Gasteiger partial charge is 0.274 e. The molecule has 7 heteroatoms. The molecule has 1 N–H and O–H groups in total. The number of hydrogen-bond acceptors (Lipinski definition) is 4. The Bertz CT molecular complexity index is 777. The molecule has 3 aromatic heterocycles. The minimum atomic E-state index is -0.0130. The lowest BCUT2D eigenvalue weighted by Crippen LogP contribution is -2.41. The lowest BCUT2D eigenvalue weighted by Gasteiger charge is -2.32. The molecule has 6 nitrogen and oxygen atoms in total. The highest BCUT2D eigenvalue weighted by Gasteiger charge is 2.27. The minimum absolute atomic E-state index is 0.0130. The zero-order valence-corrected chi connectivity index (χ0v) is 13.4. The molecule has 4 rings (SSSR count). The third-order valence-corrected chi connectivity index (χ3v) is 5.07. The molecule has 1 atom stereocenters. The number of H-pyrrole nitrogens is 1. The maximum atomic E-state index is 12.7. The van der Waals surface area contributed by atoms with Gasteiger partial charge in [-0.25, -0.2) is 0 Å². The Kier molecular flexibility index (Phi) is 3.70. The molecule has 3 aromatic rings. The van der Waals surface area contributed by atoms with Crippen molar-refractivity contribution in [1.29, 1.82) is 0 Å². The van der Waals surface area contributed by atoms with Crippen molar-refractivity contribution in [2.75, 3.05) is 13.1 Å². The topological polar surface area (TPSA) is 66.8 Å². The standard InChI is InChI=1S/C16H17N5OS/c22-16(14-10-13(18-19-14)15-5-2-9-23-15)20-7-1-4-12(11-20)21-8-3-6-17-21/h2-3,5-6,8-10,12H,1,4,7,11H2,(H,18,19). The zero-order valence-electron chi connectivity index (χ0n) is 12.6. The molecule has 1 saturated heterocycles. The summed E-state index contributed by atoms with van der Waals surface area (Å²) in [5.41, 5.74) is 1.37. The van der Waals surface area contributed by atoms with Crippen LogP contribution in [-0.2, 0) is 0 Å². The van der Waals surface area contributed by atoms with E-state index in [0.717, 1.165) is 30.0 Å². The summed E-state index contributed by atoms with van der Waals surface area (Å²) < 4.78 is 1.95. The van der Waals surface area contributed by atoms with Crippen LogP contribution in [0.15, 0.2) is 42.0 Å². The van der Waals surface area contributed by atoms with Crippen molar-refractivity contribution in [2.24, 2.45) is 0 Å². The highest BCUT2D eigenvalue weighted by atomic mass is 32.1. The number of likely N-dealkylation sites (tertiary alicyclic amines) is 1. The van der Waals surface area contributed by atoms with Crippen molar-refractivity contribution < 1.29 is 4.79 Å². The van der Waals surface area contributed by atoms with E-state index in [1.807, 2.05) is 45.4 Å². The number of rotatable bonds is 3. The number of hydrogen-bond donors (Lipinski definition) is 1. The highest BCUT2D eigenvalue weighted by molar-refractivity contribution is 7.13. The summed E-state index contributed by atoms with van der Waals surface area (Å²) in [7, 11) is 0. The van der Waals surface area contributed by atoms with Crippen LogP contribution in [0, 0.1) is 0 Å². The first kappa shape index (κ1) is 14.2. The van der Waals surface area contributed by atoms with Crippen LogP contribution in [0.25, 0.3) is 10.6 Å². The Morgan fingerprint density at radius 3 is 3.13 bits per heavy atom. The molecule has 1 fully saturated rings. The molecule has 0 saturated carbocycles. The Morgan fingerprint density at radius 2 is 2.35 bits per heavy atom. The molecule has 1 aliphatic heterocycles. The van der Waals surface area contributed by atoms with Gasteiger partial charge in [-0.05, 0) is 36.4 Å². The first-order valence-electron chi connectivity index (χ1n) is 7.69. The average Bonchev–Trinajstić information content (AvgIpc) is 3.36. The van der Waals surface area contributed by atoms with Gasteiger partial charge < -0.3 is 4.90 Å². The predicted octanol–water partition coefficient (Wildman–Crippen LogP) is 2.81. The molecule has 0 bridgehead atoms. The van der Waals surface area contributed by atoms with E-state index in [9.17, 15) is 4.79 Å². The number of carbonyl (C=O) groups excluding carboxylic acids is 1. The van der Waals surface area contributed by atoms with Gasteiger partial charge in [-0.3, -0.25) is 14.6 Å². The average molecular weight is 327 g/mol. The van der Waals surface area contributed by atoms with E-state index in [1.54, 1.807) is 17.5 Å². The summed E-state index contributed by atoms with van der Waals surface area (Å²) in [5, 5.41) is 13.5. The quantitative estimate of drug-likeness (QED) is 0.804. The van der Waals surface area contributed by atoms with Crippen LogP contribution < -0.4 is 0 Å². The van der Waals surface area contributed by atoms with Crippen LogP contribution in [0.4, 0.5) is 0 Å². The molecule has 23 heavy (non-hydrogen) atoms. The Morgan fingerprint density at radius 1 is 1.39 bits per heavy atom. The fourth-order valence-electron chi connectivity index (χ4n) is 3.00. The maximum Gasteiger partial charge on any atom is 0.274 e. The lowest BCUT2D eigenvalue weighted by molar-refractivity contribution is 0.0667. The molecular weight excluding hydrogens is 310 g/mol. The second kappa shape index (κ2) is 6.00. The first-order valence-corrected chi connectivity index (χ1v) is 8.57. The van der Waals surface area contributed by atoms with Crippen molar-refractivity contribution >= 4 is 17.2 Å². The summed E-state index contributed by atoms with van der Waals surface area (Å²) in [5.74, 6) is -0.0130. The molecule has 4 heterocycles. The molecule has 1 amide bonds. The zero-order chi connectivity index (χ0) is 15.6. The van der Waals surface area contributed by atoms with Gasteiger partial charge in [0.2, 0.25) is 0 Å². The Labute approximate surface area is 137 Å². The molecule has 1 unspecified atom stereocenters. The van der Waals surface area contributed by atoms with Gasteiger partial charge in [0.05, 0.1) is 16.6 Å². The normalized spacial score (nSPS) is 18.3. The molecule has 0 spiro atoms. The van der Waals surface area contributed by atoms with Gasteiger partial charge in [-0.2, -0.15) is 10.2 Å². The van der Waals surface area contributed by atoms with Crippen molar-refractivity contribution in [3.05, 3.63) is 47.7 Å². The van der Waals surface area contributed by atoms with E-state index in [2.05, 4.69) is 15.3 Å². The number of aromatic amines is 1. The molecule has 118 valence electrons.